The first-order valence-electron chi connectivity index (χ1n) is 12.0. The topological polar surface area (TPSA) is 132 Å². The molecule has 0 aromatic heterocycles. The van der Waals surface area contributed by atoms with E-state index in [1.165, 1.54) is 0 Å². The van der Waals surface area contributed by atoms with E-state index in [4.69, 9.17) is 0 Å². The first kappa shape index (κ1) is 25.6. The number of amides is 1. The molecule has 2 atom stereocenters. The molecule has 0 fully saturated rings. The highest BCUT2D eigenvalue weighted by atomic mass is 16.4. The fraction of sp³-hybridized carbons (Fsp3) is 0.241. The number of aromatic carboxylic acids is 3. The van der Waals surface area contributed by atoms with Gasteiger partial charge in [0, 0.05) is 6.54 Å². The summed E-state index contributed by atoms with van der Waals surface area (Å²) in [6.07, 6.45) is 2.35. The highest BCUT2D eigenvalue weighted by molar-refractivity contribution is 6.10. The summed E-state index contributed by atoms with van der Waals surface area (Å²) in [7, 11) is 0. The van der Waals surface area contributed by atoms with Crippen LogP contribution in [0.4, 0.5) is 0 Å². The number of hydrogen-bond donors (Lipinski definition) is 3. The molecule has 3 N–H and O–H groups in total. The van der Waals surface area contributed by atoms with E-state index in [0.29, 0.717) is 6.42 Å². The van der Waals surface area contributed by atoms with Gasteiger partial charge in [0.1, 0.15) is 0 Å². The Balaban J connectivity index is 1.86. The summed E-state index contributed by atoms with van der Waals surface area (Å²) in [5, 5.41) is 28.9. The van der Waals surface area contributed by atoms with Gasteiger partial charge < -0.3 is 20.2 Å². The van der Waals surface area contributed by atoms with Crippen LogP contribution in [0.15, 0.2) is 66.7 Å². The van der Waals surface area contributed by atoms with Crippen LogP contribution >= 0.6 is 0 Å². The molecule has 1 aliphatic carbocycles. The zero-order valence-electron chi connectivity index (χ0n) is 20.3. The van der Waals surface area contributed by atoms with Crippen molar-refractivity contribution in [3.63, 3.8) is 0 Å². The number of carboxylic acids is 3. The summed E-state index contributed by atoms with van der Waals surface area (Å²) >= 11 is 0. The fourth-order valence-corrected chi connectivity index (χ4v) is 5.05. The predicted molar refractivity (Wildman–Crippen MR) is 135 cm³/mol. The second-order valence-electron chi connectivity index (χ2n) is 9.23. The Bertz CT molecular complexity index is 1370. The van der Waals surface area contributed by atoms with Gasteiger partial charge in [0.05, 0.1) is 28.3 Å². The molecule has 1 aliphatic rings. The van der Waals surface area contributed by atoms with Crippen molar-refractivity contribution in [2.45, 2.75) is 38.1 Å². The summed E-state index contributed by atoms with van der Waals surface area (Å²) in [6.45, 7) is 2.22. The van der Waals surface area contributed by atoms with Crippen LogP contribution in [-0.2, 0) is 6.42 Å². The normalized spacial score (nSPS) is 15.3. The molecule has 0 saturated heterocycles. The summed E-state index contributed by atoms with van der Waals surface area (Å²) in [6, 6.07) is 18.7. The lowest BCUT2D eigenvalue weighted by Crippen LogP contribution is -2.40. The second kappa shape index (κ2) is 10.7. The fourth-order valence-electron chi connectivity index (χ4n) is 5.05. The maximum Gasteiger partial charge on any atom is 0.336 e. The lowest BCUT2D eigenvalue weighted by Gasteiger charge is -2.38. The van der Waals surface area contributed by atoms with Crippen LogP contribution in [0.1, 0.15) is 89.8 Å². The number of carbonyl (C=O) groups excluding carboxylic acids is 1. The lowest BCUT2D eigenvalue weighted by molar-refractivity contribution is 0.0615. The second-order valence-corrected chi connectivity index (χ2v) is 9.23. The van der Waals surface area contributed by atoms with Gasteiger partial charge in [0.25, 0.3) is 5.91 Å². The van der Waals surface area contributed by atoms with E-state index in [0.717, 1.165) is 41.7 Å². The number of fused-ring (bicyclic) bond motifs is 1. The standard InChI is InChI=1S/C29H27NO7/c1-17(18-8-3-2-4-9-18)16-30(25-13-7-11-19-10-5-6-12-20(19)25)26(31)21-14-23(28(34)35)24(29(36)37)15-22(21)27(32)33/h2-6,8-10,12,14-15,17,25H,7,11,13,16H2,1H3,(H,32,33)(H,34,35)(H,36,37)/t17?,25-/m0/s1. The Hall–Kier alpha value is -4.46. The van der Waals surface area contributed by atoms with E-state index >= 15 is 0 Å². The quantitative estimate of drug-likeness (QED) is 0.391. The number of carboxylic acid groups (broad SMARTS) is 3. The van der Waals surface area contributed by atoms with Crippen LogP contribution in [0.3, 0.4) is 0 Å². The molecule has 0 bridgehead atoms. The molecule has 3 aromatic rings. The largest absolute Gasteiger partial charge is 0.478 e. The van der Waals surface area contributed by atoms with E-state index < -0.39 is 40.5 Å². The molecule has 1 unspecified atom stereocenters. The van der Waals surface area contributed by atoms with Crippen LogP contribution in [0, 0.1) is 0 Å². The summed E-state index contributed by atoms with van der Waals surface area (Å²) in [4.78, 5) is 51.3. The van der Waals surface area contributed by atoms with Gasteiger partial charge in [0.2, 0.25) is 0 Å². The van der Waals surface area contributed by atoms with E-state index in [-0.39, 0.29) is 24.1 Å². The Morgan fingerprint density at radius 2 is 1.35 bits per heavy atom. The third-order valence-electron chi connectivity index (χ3n) is 6.89. The highest BCUT2D eigenvalue weighted by Crippen LogP contribution is 2.37. The van der Waals surface area contributed by atoms with Crippen molar-refractivity contribution < 1.29 is 34.5 Å². The Morgan fingerprint density at radius 1 is 0.811 bits per heavy atom. The molecule has 0 aliphatic heterocycles. The van der Waals surface area contributed by atoms with E-state index in [9.17, 15) is 34.5 Å². The van der Waals surface area contributed by atoms with Gasteiger partial charge in [-0.25, -0.2) is 14.4 Å². The van der Waals surface area contributed by atoms with Gasteiger partial charge in [-0.1, -0.05) is 61.5 Å². The minimum Gasteiger partial charge on any atom is -0.478 e. The number of carbonyl (C=O) groups is 4. The molecule has 3 aromatic carbocycles. The molecule has 37 heavy (non-hydrogen) atoms. The van der Waals surface area contributed by atoms with Gasteiger partial charge in [-0.05, 0) is 54.0 Å². The molecule has 0 saturated carbocycles. The van der Waals surface area contributed by atoms with Crippen molar-refractivity contribution in [2.24, 2.45) is 0 Å². The van der Waals surface area contributed by atoms with Gasteiger partial charge >= 0.3 is 17.9 Å². The van der Waals surface area contributed by atoms with Crippen LogP contribution < -0.4 is 0 Å². The minimum atomic E-state index is -1.59. The van der Waals surface area contributed by atoms with E-state index in [1.807, 2.05) is 61.5 Å². The molecule has 8 nitrogen and oxygen atoms in total. The summed E-state index contributed by atoms with van der Waals surface area (Å²) in [5.41, 5.74) is 0.853. The van der Waals surface area contributed by atoms with Gasteiger partial charge in [-0.3, -0.25) is 4.79 Å². The smallest absolute Gasteiger partial charge is 0.336 e. The Morgan fingerprint density at radius 3 is 1.97 bits per heavy atom. The SMILES string of the molecule is CC(CN(C(=O)c1cc(C(=O)O)c(C(=O)O)cc1C(=O)O)[C@H]1CCCc2ccccc21)c1ccccc1. The third-order valence-corrected chi connectivity index (χ3v) is 6.89. The number of hydrogen-bond acceptors (Lipinski definition) is 4. The van der Waals surface area contributed by atoms with Gasteiger partial charge in [-0.15, -0.1) is 0 Å². The average Bonchev–Trinajstić information content (AvgIpc) is 2.90. The Labute approximate surface area is 213 Å². The molecule has 0 heterocycles. The maximum atomic E-state index is 14.1. The number of rotatable bonds is 8. The van der Waals surface area contributed by atoms with Crippen molar-refractivity contribution in [1.82, 2.24) is 4.90 Å². The molecule has 4 rings (SSSR count). The lowest BCUT2D eigenvalue weighted by atomic mass is 9.85. The van der Waals surface area contributed by atoms with Crippen LogP contribution in [0.25, 0.3) is 0 Å². The van der Waals surface area contributed by atoms with Crippen LogP contribution in [0.2, 0.25) is 0 Å². The molecular formula is C29H27NO7. The van der Waals surface area contributed by atoms with Crippen molar-refractivity contribution in [3.8, 4) is 0 Å². The van der Waals surface area contributed by atoms with Gasteiger partial charge in [-0.2, -0.15) is 0 Å². The first-order valence-corrected chi connectivity index (χ1v) is 12.0. The molecule has 1 amide bonds. The minimum absolute atomic E-state index is 0.107. The zero-order chi connectivity index (χ0) is 26.7. The van der Waals surface area contributed by atoms with Crippen molar-refractivity contribution in [1.29, 1.82) is 0 Å². The van der Waals surface area contributed by atoms with Crippen LogP contribution in [0.5, 0.6) is 0 Å². The van der Waals surface area contributed by atoms with Crippen molar-refractivity contribution in [3.05, 3.63) is 106 Å². The van der Waals surface area contributed by atoms with Gasteiger partial charge in [0.15, 0.2) is 0 Å². The molecule has 0 spiro atoms. The van der Waals surface area contributed by atoms with Crippen molar-refractivity contribution in [2.75, 3.05) is 6.54 Å². The third kappa shape index (κ3) is 5.23. The predicted octanol–water partition coefficient (Wildman–Crippen LogP) is 5.10. The molecule has 0 radical (unpaired) electrons. The molecule has 8 heteroatoms. The maximum absolute atomic E-state index is 14.1. The van der Waals surface area contributed by atoms with E-state index in [2.05, 4.69) is 0 Å². The zero-order valence-corrected chi connectivity index (χ0v) is 20.3. The first-order chi connectivity index (χ1) is 17.7. The van der Waals surface area contributed by atoms with Crippen LogP contribution in [-0.4, -0.2) is 50.6 Å². The number of benzene rings is 3. The summed E-state index contributed by atoms with van der Waals surface area (Å²) < 4.78 is 0. The molecular weight excluding hydrogens is 474 g/mol. The van der Waals surface area contributed by atoms with E-state index in [1.54, 1.807) is 4.90 Å². The average molecular weight is 502 g/mol. The van der Waals surface area contributed by atoms with Crippen molar-refractivity contribution >= 4 is 23.8 Å². The highest BCUT2D eigenvalue weighted by Gasteiger charge is 2.34. The summed E-state index contributed by atoms with van der Waals surface area (Å²) in [5.74, 6) is -5.42. The monoisotopic (exact) mass is 501 g/mol. The Kier molecular flexibility index (Phi) is 7.38. The molecule has 190 valence electrons. The number of nitrogens with zero attached hydrogens (tertiary/aromatic N) is 1. The number of aryl methyl sites for hydroxylation is 1.